The highest BCUT2D eigenvalue weighted by molar-refractivity contribution is 6.32. The summed E-state index contributed by atoms with van der Waals surface area (Å²) < 4.78 is 24.0. The topological polar surface area (TPSA) is 136 Å². The molecular formula is C35H37NO9. The number of nitrogens with zero attached hydrogens (tertiary/aromatic N) is 1. The number of carbonyl (C=O) groups excluding carboxylic acids is 3. The van der Waals surface area contributed by atoms with Gasteiger partial charge in [0.1, 0.15) is 29.3 Å². The largest absolute Gasteiger partial charge is 0.507 e. The number of fused-ring (bicyclic) bond motifs is 4. The fourth-order valence-electron chi connectivity index (χ4n) is 6.95. The number of ether oxygens (including phenoxy) is 3. The van der Waals surface area contributed by atoms with Crippen LogP contribution < -0.4 is 5.43 Å². The molecule has 6 atom stereocenters. The molecule has 3 aromatic rings. The van der Waals surface area contributed by atoms with Crippen molar-refractivity contribution in [2.75, 3.05) is 14.1 Å². The second kappa shape index (κ2) is 10.5. The van der Waals surface area contributed by atoms with E-state index in [0.717, 1.165) is 0 Å². The quantitative estimate of drug-likeness (QED) is 0.188. The van der Waals surface area contributed by atoms with E-state index < -0.39 is 47.0 Å². The monoisotopic (exact) mass is 615 g/mol. The first kappa shape index (κ1) is 30.9. The molecule has 3 aliphatic rings. The average Bonchev–Trinajstić information content (AvgIpc) is 3.63. The summed E-state index contributed by atoms with van der Waals surface area (Å²) in [5.74, 6) is -1.66. The minimum atomic E-state index is -0.899. The van der Waals surface area contributed by atoms with E-state index in [1.54, 1.807) is 26.8 Å². The van der Waals surface area contributed by atoms with E-state index in [0.29, 0.717) is 17.5 Å². The molecule has 10 nitrogen and oxygen atoms in total. The second-order valence-electron chi connectivity index (χ2n) is 12.9. The number of carbonyl (C=O) groups is 3. The molecule has 45 heavy (non-hydrogen) atoms. The van der Waals surface area contributed by atoms with Crippen molar-refractivity contribution >= 4 is 28.5 Å². The molecule has 0 saturated carbocycles. The molecule has 10 heteroatoms. The lowest BCUT2D eigenvalue weighted by Gasteiger charge is -2.50. The standard InChI is InChI=1S/C35H37NO9/c1-9-10-24-35(6,45-24)25-14-22(38)26-16(2)13-21-28(32(26)44-25)31(41)27-20(29(21)39)12-11-19(30(27)40)23-15-34(5,36(7)8)33(17(3)42-23)43-18(4)37/h9-14,17,23-24,33,40H,15H2,1-8H3/b10-9-/t17-,23-,24?,33+,34+,35?/m0/s1. The summed E-state index contributed by atoms with van der Waals surface area (Å²) >= 11 is 0. The van der Waals surface area contributed by atoms with Crippen molar-refractivity contribution in [3.63, 3.8) is 0 Å². The fourth-order valence-corrected chi connectivity index (χ4v) is 6.95. The smallest absolute Gasteiger partial charge is 0.303 e. The number of allylic oxidation sites excluding steroid dienone is 1. The Balaban J connectivity index is 1.48. The van der Waals surface area contributed by atoms with Crippen LogP contribution in [0.5, 0.6) is 5.75 Å². The summed E-state index contributed by atoms with van der Waals surface area (Å²) in [4.78, 5) is 55.5. The van der Waals surface area contributed by atoms with E-state index in [4.69, 9.17) is 18.6 Å². The van der Waals surface area contributed by atoms with Gasteiger partial charge in [-0.3, -0.25) is 19.2 Å². The molecule has 0 spiro atoms. The molecule has 1 aliphatic carbocycles. The molecule has 2 fully saturated rings. The van der Waals surface area contributed by atoms with Crippen LogP contribution in [0, 0.1) is 6.92 Å². The molecule has 3 heterocycles. The summed E-state index contributed by atoms with van der Waals surface area (Å²) in [5.41, 5.74) is -1.22. The van der Waals surface area contributed by atoms with E-state index in [2.05, 4.69) is 0 Å². The van der Waals surface area contributed by atoms with Crippen molar-refractivity contribution in [2.24, 2.45) is 0 Å². The van der Waals surface area contributed by atoms with Gasteiger partial charge in [-0.05, 0) is 72.8 Å². The van der Waals surface area contributed by atoms with Gasteiger partial charge in [0.25, 0.3) is 0 Å². The zero-order valence-corrected chi connectivity index (χ0v) is 26.6. The lowest BCUT2D eigenvalue weighted by molar-refractivity contribution is -0.201. The Kier molecular flexibility index (Phi) is 7.19. The number of phenolic OH excluding ortho intramolecular Hbond substituents is 1. The number of ketones is 2. The summed E-state index contributed by atoms with van der Waals surface area (Å²) in [5, 5.41) is 11.9. The Morgan fingerprint density at radius 3 is 2.44 bits per heavy atom. The zero-order valence-electron chi connectivity index (χ0n) is 26.6. The molecule has 1 N–H and O–H groups in total. The van der Waals surface area contributed by atoms with Gasteiger partial charge in [-0.25, -0.2) is 0 Å². The number of phenols is 1. The first-order valence-corrected chi connectivity index (χ1v) is 15.0. The molecule has 0 bridgehead atoms. The molecule has 6 rings (SSSR count). The highest BCUT2D eigenvalue weighted by Crippen LogP contribution is 2.49. The van der Waals surface area contributed by atoms with Crippen LogP contribution in [-0.2, 0) is 24.6 Å². The van der Waals surface area contributed by atoms with Gasteiger partial charge in [-0.1, -0.05) is 18.2 Å². The van der Waals surface area contributed by atoms with Crippen LogP contribution >= 0.6 is 0 Å². The SMILES string of the molecule is C/C=C\C1OC1(C)c1cc(=O)c2c(C)cc3c(c2o1)C(=O)c1c(ccc([C@@H]2C[C@@](C)(N(C)C)[C@H](OC(C)=O)[C@H](C)O2)c1O)C3=O. The number of esters is 1. The Hall–Kier alpha value is -4.12. The van der Waals surface area contributed by atoms with E-state index in [1.807, 2.05) is 45.0 Å². The Morgan fingerprint density at radius 1 is 1.09 bits per heavy atom. The number of aryl methyl sites for hydroxylation is 1. The summed E-state index contributed by atoms with van der Waals surface area (Å²) in [6.45, 7) is 10.4. The molecule has 1 aromatic heterocycles. The van der Waals surface area contributed by atoms with Gasteiger partial charge in [0.2, 0.25) is 5.78 Å². The number of hydrogen-bond acceptors (Lipinski definition) is 10. The maximum Gasteiger partial charge on any atom is 0.303 e. The van der Waals surface area contributed by atoms with Gasteiger partial charge in [0.15, 0.2) is 16.8 Å². The first-order valence-electron chi connectivity index (χ1n) is 15.0. The average molecular weight is 616 g/mol. The zero-order chi connectivity index (χ0) is 32.7. The van der Waals surface area contributed by atoms with E-state index in [9.17, 15) is 24.3 Å². The Bertz CT molecular complexity index is 1890. The van der Waals surface area contributed by atoms with Crippen molar-refractivity contribution in [3.05, 3.63) is 85.8 Å². The minimum absolute atomic E-state index is 0.01000. The summed E-state index contributed by atoms with van der Waals surface area (Å²) in [7, 11) is 3.75. The van der Waals surface area contributed by atoms with E-state index >= 15 is 0 Å². The lowest BCUT2D eigenvalue weighted by atomic mass is 9.77. The number of hydrogen-bond donors (Lipinski definition) is 1. The highest BCUT2D eigenvalue weighted by atomic mass is 16.6. The van der Waals surface area contributed by atoms with E-state index in [-0.39, 0.29) is 56.3 Å². The van der Waals surface area contributed by atoms with Crippen LogP contribution in [0.3, 0.4) is 0 Å². The predicted octanol–water partition coefficient (Wildman–Crippen LogP) is 4.87. The molecule has 2 saturated heterocycles. The third kappa shape index (κ3) is 4.57. The van der Waals surface area contributed by atoms with Gasteiger partial charge in [-0.15, -0.1) is 0 Å². The van der Waals surface area contributed by atoms with Crippen molar-refractivity contribution in [3.8, 4) is 5.75 Å². The summed E-state index contributed by atoms with van der Waals surface area (Å²) in [6.07, 6.45) is 1.88. The van der Waals surface area contributed by atoms with Crippen LogP contribution in [0.2, 0.25) is 0 Å². The highest BCUT2D eigenvalue weighted by Gasteiger charge is 2.55. The van der Waals surface area contributed by atoms with Gasteiger partial charge in [-0.2, -0.15) is 0 Å². The number of rotatable bonds is 5. The van der Waals surface area contributed by atoms with Crippen molar-refractivity contribution < 1.29 is 38.1 Å². The minimum Gasteiger partial charge on any atom is -0.507 e. The lowest BCUT2D eigenvalue weighted by Crippen LogP contribution is -2.61. The fraction of sp³-hybridized carbons (Fsp3) is 0.429. The maximum atomic E-state index is 14.3. The van der Waals surface area contributed by atoms with Crippen LogP contribution in [0.15, 0.2) is 45.6 Å². The Morgan fingerprint density at radius 2 is 1.80 bits per heavy atom. The van der Waals surface area contributed by atoms with E-state index in [1.165, 1.54) is 25.1 Å². The van der Waals surface area contributed by atoms with Crippen molar-refractivity contribution in [2.45, 2.75) is 83.5 Å². The van der Waals surface area contributed by atoms with Crippen LogP contribution in [0.25, 0.3) is 11.0 Å². The molecule has 0 radical (unpaired) electrons. The van der Waals surface area contributed by atoms with Gasteiger partial charge >= 0.3 is 5.97 Å². The molecule has 2 aliphatic heterocycles. The number of likely N-dealkylation sites (N-methyl/N-ethyl adjacent to an activating group) is 1. The van der Waals surface area contributed by atoms with Crippen LogP contribution in [-0.4, -0.2) is 65.5 Å². The van der Waals surface area contributed by atoms with Gasteiger partial charge in [0, 0.05) is 29.7 Å². The number of aromatic hydroxyl groups is 1. The van der Waals surface area contributed by atoms with Crippen LogP contribution in [0.4, 0.5) is 0 Å². The molecule has 236 valence electrons. The third-order valence-electron chi connectivity index (χ3n) is 9.74. The molecule has 2 unspecified atom stereocenters. The van der Waals surface area contributed by atoms with Crippen molar-refractivity contribution in [1.29, 1.82) is 0 Å². The molecular weight excluding hydrogens is 578 g/mol. The maximum absolute atomic E-state index is 14.3. The molecule has 0 amide bonds. The normalized spacial score (nSPS) is 29.3. The van der Waals surface area contributed by atoms with Crippen LogP contribution in [0.1, 0.15) is 95.9 Å². The Labute approximate surface area is 260 Å². The third-order valence-corrected chi connectivity index (χ3v) is 9.74. The van der Waals surface area contributed by atoms with Gasteiger partial charge in [0.05, 0.1) is 34.3 Å². The number of epoxide rings is 1. The summed E-state index contributed by atoms with van der Waals surface area (Å²) in [6, 6.07) is 6.03. The second-order valence-corrected chi connectivity index (χ2v) is 12.9. The first-order chi connectivity index (χ1) is 21.1. The number of benzene rings is 2. The van der Waals surface area contributed by atoms with Gasteiger partial charge < -0.3 is 28.6 Å². The van der Waals surface area contributed by atoms with Crippen molar-refractivity contribution in [1.82, 2.24) is 4.90 Å². The molecule has 2 aromatic carbocycles. The predicted molar refractivity (Wildman–Crippen MR) is 165 cm³/mol.